The van der Waals surface area contributed by atoms with Crippen LogP contribution < -0.4 is 0 Å². The van der Waals surface area contributed by atoms with Crippen molar-refractivity contribution in [2.75, 3.05) is 7.11 Å². The van der Waals surface area contributed by atoms with E-state index in [1.54, 1.807) is 0 Å². The maximum absolute atomic E-state index is 11.3. The number of ether oxygens (including phenoxy) is 1. The third-order valence-corrected chi connectivity index (χ3v) is 2.46. The van der Waals surface area contributed by atoms with E-state index in [9.17, 15) is 20.0 Å². The molecular formula is C11H8N2O5. The Morgan fingerprint density at radius 3 is 2.78 bits per heavy atom. The van der Waals surface area contributed by atoms with E-state index < -0.39 is 16.6 Å². The molecule has 7 nitrogen and oxygen atoms in total. The first-order valence-corrected chi connectivity index (χ1v) is 4.89. The molecule has 0 atom stereocenters. The van der Waals surface area contributed by atoms with Gasteiger partial charge in [0.1, 0.15) is 0 Å². The number of hydrogen-bond acceptors (Lipinski definition) is 6. The van der Waals surface area contributed by atoms with E-state index in [0.717, 1.165) is 7.11 Å². The summed E-state index contributed by atoms with van der Waals surface area (Å²) in [6.45, 7) is 0. The predicted molar refractivity (Wildman–Crippen MR) is 61.4 cm³/mol. The van der Waals surface area contributed by atoms with Gasteiger partial charge in [-0.15, -0.1) is 0 Å². The predicted octanol–water partition coefficient (Wildman–Crippen LogP) is 1.64. The van der Waals surface area contributed by atoms with Crippen LogP contribution >= 0.6 is 0 Å². The molecule has 18 heavy (non-hydrogen) atoms. The van der Waals surface area contributed by atoms with Crippen LogP contribution in [0.4, 0.5) is 5.69 Å². The largest absolute Gasteiger partial charge is 0.505 e. The molecule has 0 aliphatic rings. The van der Waals surface area contributed by atoms with Gasteiger partial charge in [0.25, 0.3) is 5.69 Å². The summed E-state index contributed by atoms with van der Waals surface area (Å²) < 4.78 is 4.45. The van der Waals surface area contributed by atoms with Crippen LogP contribution in [0, 0.1) is 10.1 Å². The standard InChI is InChI=1S/C11H8N2O5/c1-18-11(15)9-10(14)6-3-2-4-8(13(16)17)7(6)5-12-9/h2-5,14H,1H3. The molecule has 2 aromatic rings. The summed E-state index contributed by atoms with van der Waals surface area (Å²) in [6.07, 6.45) is 1.17. The lowest BCUT2D eigenvalue weighted by Crippen LogP contribution is -2.05. The fourth-order valence-corrected chi connectivity index (χ4v) is 1.62. The fraction of sp³-hybridized carbons (Fsp3) is 0.0909. The van der Waals surface area contributed by atoms with E-state index in [1.807, 2.05) is 0 Å². The molecule has 2 rings (SSSR count). The Kier molecular flexibility index (Phi) is 2.80. The van der Waals surface area contributed by atoms with Gasteiger partial charge in [-0.25, -0.2) is 9.78 Å². The number of esters is 1. The topological polar surface area (TPSA) is 103 Å². The van der Waals surface area contributed by atoms with Gasteiger partial charge in [-0.05, 0) is 0 Å². The van der Waals surface area contributed by atoms with Crippen molar-refractivity contribution in [3.05, 3.63) is 40.2 Å². The normalized spacial score (nSPS) is 10.3. The molecule has 1 aromatic carbocycles. The van der Waals surface area contributed by atoms with Gasteiger partial charge in [0.2, 0.25) is 0 Å². The lowest BCUT2D eigenvalue weighted by atomic mass is 10.1. The molecule has 0 aliphatic heterocycles. The second-order valence-corrected chi connectivity index (χ2v) is 3.44. The molecule has 0 spiro atoms. The van der Waals surface area contributed by atoms with Crippen LogP contribution in [0.15, 0.2) is 24.4 Å². The summed E-state index contributed by atoms with van der Waals surface area (Å²) in [4.78, 5) is 25.2. The number of nitrogens with zero attached hydrogens (tertiary/aromatic N) is 2. The molecule has 0 aliphatic carbocycles. The first-order chi connectivity index (χ1) is 8.56. The maximum Gasteiger partial charge on any atom is 0.360 e. The highest BCUT2D eigenvalue weighted by Crippen LogP contribution is 2.32. The van der Waals surface area contributed by atoms with Gasteiger partial charge < -0.3 is 9.84 Å². The minimum atomic E-state index is -0.805. The van der Waals surface area contributed by atoms with Gasteiger partial charge in [0.05, 0.1) is 17.4 Å². The molecular weight excluding hydrogens is 240 g/mol. The SMILES string of the molecule is COC(=O)c1ncc2c([N+](=O)[O-])cccc2c1O. The smallest absolute Gasteiger partial charge is 0.360 e. The molecule has 0 radical (unpaired) electrons. The quantitative estimate of drug-likeness (QED) is 0.492. The summed E-state index contributed by atoms with van der Waals surface area (Å²) in [5.74, 6) is -1.23. The second-order valence-electron chi connectivity index (χ2n) is 3.44. The highest BCUT2D eigenvalue weighted by molar-refractivity contribution is 6.01. The maximum atomic E-state index is 11.3. The molecule has 0 saturated carbocycles. The van der Waals surface area contributed by atoms with Gasteiger partial charge >= 0.3 is 5.97 Å². The molecule has 0 bridgehead atoms. The third kappa shape index (κ3) is 1.71. The Hall–Kier alpha value is -2.70. The van der Waals surface area contributed by atoms with Crippen LogP contribution in [-0.4, -0.2) is 28.1 Å². The van der Waals surface area contributed by atoms with E-state index in [1.165, 1.54) is 24.4 Å². The van der Waals surface area contributed by atoms with Gasteiger partial charge in [-0.1, -0.05) is 12.1 Å². The van der Waals surface area contributed by atoms with Crippen LogP contribution in [0.3, 0.4) is 0 Å². The van der Waals surface area contributed by atoms with Gasteiger partial charge in [0.15, 0.2) is 11.4 Å². The fourth-order valence-electron chi connectivity index (χ4n) is 1.62. The highest BCUT2D eigenvalue weighted by Gasteiger charge is 2.20. The number of non-ortho nitro benzene ring substituents is 1. The van der Waals surface area contributed by atoms with Crippen molar-refractivity contribution in [2.45, 2.75) is 0 Å². The molecule has 0 unspecified atom stereocenters. The number of pyridine rings is 1. The summed E-state index contributed by atoms with van der Waals surface area (Å²) in [5, 5.41) is 21.0. The number of methoxy groups -OCH3 is 1. The van der Waals surface area contributed by atoms with Crippen LogP contribution in [0.25, 0.3) is 10.8 Å². The van der Waals surface area contributed by atoms with E-state index in [0.29, 0.717) is 0 Å². The number of aromatic nitrogens is 1. The Morgan fingerprint density at radius 2 is 2.17 bits per heavy atom. The summed E-state index contributed by atoms with van der Waals surface area (Å²) in [5.41, 5.74) is -0.461. The monoisotopic (exact) mass is 248 g/mol. The van der Waals surface area contributed by atoms with Gasteiger partial charge in [-0.3, -0.25) is 10.1 Å². The first kappa shape index (κ1) is 11.8. The third-order valence-electron chi connectivity index (χ3n) is 2.46. The van der Waals surface area contributed by atoms with Crippen molar-refractivity contribution in [1.82, 2.24) is 4.98 Å². The van der Waals surface area contributed by atoms with Crippen LogP contribution in [0.5, 0.6) is 5.75 Å². The average molecular weight is 248 g/mol. The summed E-state index contributed by atoms with van der Waals surface area (Å²) in [6, 6.07) is 4.17. The lowest BCUT2D eigenvalue weighted by Gasteiger charge is -2.05. The zero-order valence-electron chi connectivity index (χ0n) is 9.28. The van der Waals surface area contributed by atoms with Crippen LogP contribution in [0.2, 0.25) is 0 Å². The van der Waals surface area contributed by atoms with Crippen molar-refractivity contribution in [3.8, 4) is 5.75 Å². The van der Waals surface area contributed by atoms with Gasteiger partial charge in [-0.2, -0.15) is 0 Å². The Balaban J connectivity index is 2.77. The average Bonchev–Trinajstić information content (AvgIpc) is 2.37. The highest BCUT2D eigenvalue weighted by atomic mass is 16.6. The molecule has 1 aromatic heterocycles. The van der Waals surface area contributed by atoms with E-state index >= 15 is 0 Å². The Labute approximate surface area is 101 Å². The molecule has 0 fully saturated rings. The number of aromatic hydroxyl groups is 1. The molecule has 0 amide bonds. The summed E-state index contributed by atoms with van der Waals surface area (Å²) in [7, 11) is 1.15. The number of carbonyl (C=O) groups is 1. The Morgan fingerprint density at radius 1 is 1.44 bits per heavy atom. The molecule has 7 heteroatoms. The Bertz CT molecular complexity index is 653. The van der Waals surface area contributed by atoms with Crippen molar-refractivity contribution in [1.29, 1.82) is 0 Å². The van der Waals surface area contributed by atoms with E-state index in [-0.39, 0.29) is 22.2 Å². The number of benzene rings is 1. The van der Waals surface area contributed by atoms with Crippen molar-refractivity contribution >= 4 is 22.4 Å². The van der Waals surface area contributed by atoms with Crippen molar-refractivity contribution < 1.29 is 19.6 Å². The summed E-state index contributed by atoms with van der Waals surface area (Å²) >= 11 is 0. The van der Waals surface area contributed by atoms with Crippen LogP contribution in [0.1, 0.15) is 10.5 Å². The molecule has 0 saturated heterocycles. The minimum Gasteiger partial charge on any atom is -0.505 e. The number of hydrogen-bond donors (Lipinski definition) is 1. The molecule has 1 heterocycles. The number of nitro benzene ring substituents is 1. The lowest BCUT2D eigenvalue weighted by molar-refractivity contribution is -0.383. The number of rotatable bonds is 2. The first-order valence-electron chi connectivity index (χ1n) is 4.89. The van der Waals surface area contributed by atoms with Crippen molar-refractivity contribution in [3.63, 3.8) is 0 Å². The van der Waals surface area contributed by atoms with Gasteiger partial charge in [0, 0.05) is 17.6 Å². The molecule has 92 valence electrons. The number of fused-ring (bicyclic) bond motifs is 1. The number of carbonyl (C=O) groups excluding carboxylic acids is 1. The second kappa shape index (κ2) is 4.28. The number of nitro groups is 1. The van der Waals surface area contributed by atoms with Crippen LogP contribution in [-0.2, 0) is 4.74 Å². The van der Waals surface area contributed by atoms with Crippen molar-refractivity contribution in [2.24, 2.45) is 0 Å². The van der Waals surface area contributed by atoms with E-state index in [2.05, 4.69) is 9.72 Å². The molecule has 1 N–H and O–H groups in total. The zero-order valence-corrected chi connectivity index (χ0v) is 9.28. The zero-order chi connectivity index (χ0) is 13.3. The van der Waals surface area contributed by atoms with E-state index in [4.69, 9.17) is 0 Å². The minimum absolute atomic E-state index is 0.160.